The summed E-state index contributed by atoms with van der Waals surface area (Å²) < 4.78 is 0. The Balaban J connectivity index is 2.38. The number of nitrogens with zero attached hydrogens (tertiary/aromatic N) is 1. The lowest BCUT2D eigenvalue weighted by atomic mass is 9.90. The molecule has 0 saturated carbocycles. The van der Waals surface area contributed by atoms with Crippen molar-refractivity contribution in [3.8, 4) is 0 Å². The SMILES string of the molecule is CCCC1(C(=O)O)CCCN1C(=O)c1cc(C)cc(Cl)c1. The van der Waals surface area contributed by atoms with E-state index in [1.165, 1.54) is 4.90 Å². The van der Waals surface area contributed by atoms with Crippen LogP contribution in [0.2, 0.25) is 5.02 Å². The van der Waals surface area contributed by atoms with Gasteiger partial charge in [-0.1, -0.05) is 24.9 Å². The fraction of sp³-hybridized carbons (Fsp3) is 0.500. The van der Waals surface area contributed by atoms with E-state index in [2.05, 4.69) is 0 Å². The Bertz CT molecular complexity index is 552. The smallest absolute Gasteiger partial charge is 0.329 e. The van der Waals surface area contributed by atoms with E-state index in [4.69, 9.17) is 11.6 Å². The number of carbonyl (C=O) groups excluding carboxylic acids is 1. The normalized spacial score (nSPS) is 21.6. The minimum absolute atomic E-state index is 0.242. The summed E-state index contributed by atoms with van der Waals surface area (Å²) in [5.41, 5.74) is 0.285. The van der Waals surface area contributed by atoms with Crippen LogP contribution in [0.15, 0.2) is 18.2 Å². The molecule has 1 N–H and O–H groups in total. The topological polar surface area (TPSA) is 57.6 Å². The maximum Gasteiger partial charge on any atom is 0.329 e. The number of aryl methyl sites for hydroxylation is 1. The fourth-order valence-corrected chi connectivity index (χ4v) is 3.48. The molecule has 1 aromatic rings. The highest BCUT2D eigenvalue weighted by atomic mass is 35.5. The summed E-state index contributed by atoms with van der Waals surface area (Å²) in [4.78, 5) is 26.0. The van der Waals surface area contributed by atoms with Gasteiger partial charge in [0.15, 0.2) is 0 Å². The molecule has 0 radical (unpaired) electrons. The van der Waals surface area contributed by atoms with Crippen molar-refractivity contribution in [2.75, 3.05) is 6.54 Å². The molecule has 2 rings (SSSR count). The molecule has 1 fully saturated rings. The van der Waals surface area contributed by atoms with Crippen molar-refractivity contribution >= 4 is 23.5 Å². The van der Waals surface area contributed by atoms with Gasteiger partial charge in [-0.2, -0.15) is 0 Å². The molecule has 1 heterocycles. The van der Waals surface area contributed by atoms with Crippen LogP contribution in [0.1, 0.15) is 48.5 Å². The Morgan fingerprint density at radius 3 is 2.67 bits per heavy atom. The van der Waals surface area contributed by atoms with Gasteiger partial charge in [0.2, 0.25) is 0 Å². The molecule has 1 unspecified atom stereocenters. The maximum atomic E-state index is 12.8. The molecule has 1 saturated heterocycles. The van der Waals surface area contributed by atoms with Crippen molar-refractivity contribution < 1.29 is 14.7 Å². The monoisotopic (exact) mass is 309 g/mol. The molecule has 4 nitrogen and oxygen atoms in total. The highest BCUT2D eigenvalue weighted by Gasteiger charge is 2.49. The van der Waals surface area contributed by atoms with Gasteiger partial charge in [-0.25, -0.2) is 4.79 Å². The molecule has 0 spiro atoms. The largest absolute Gasteiger partial charge is 0.479 e. The van der Waals surface area contributed by atoms with E-state index in [9.17, 15) is 14.7 Å². The summed E-state index contributed by atoms with van der Waals surface area (Å²) in [6.45, 7) is 4.29. The van der Waals surface area contributed by atoms with Crippen molar-refractivity contribution in [1.29, 1.82) is 0 Å². The molecule has 1 atom stereocenters. The van der Waals surface area contributed by atoms with Crippen molar-refractivity contribution in [3.63, 3.8) is 0 Å². The molecule has 5 heteroatoms. The van der Waals surface area contributed by atoms with E-state index in [0.29, 0.717) is 30.0 Å². The van der Waals surface area contributed by atoms with Gasteiger partial charge in [-0.3, -0.25) is 4.79 Å². The van der Waals surface area contributed by atoms with E-state index in [1.807, 2.05) is 13.8 Å². The Labute approximate surface area is 129 Å². The molecule has 1 amide bonds. The lowest BCUT2D eigenvalue weighted by Gasteiger charge is -2.34. The van der Waals surface area contributed by atoms with Gasteiger partial charge in [-0.05, 0) is 49.9 Å². The van der Waals surface area contributed by atoms with Crippen LogP contribution in [-0.2, 0) is 4.79 Å². The summed E-state index contributed by atoms with van der Waals surface area (Å²) in [6, 6.07) is 5.14. The number of carboxylic acid groups (broad SMARTS) is 1. The number of carboxylic acids is 1. The Kier molecular flexibility index (Phi) is 4.57. The van der Waals surface area contributed by atoms with Crippen molar-refractivity contribution in [2.45, 2.75) is 45.1 Å². The quantitative estimate of drug-likeness (QED) is 0.926. The molecule has 1 aliphatic rings. The second-order valence-corrected chi connectivity index (χ2v) is 6.10. The number of halogens is 1. The van der Waals surface area contributed by atoms with Crippen LogP contribution in [-0.4, -0.2) is 34.0 Å². The predicted octanol–water partition coefficient (Wildman–Crippen LogP) is 3.51. The van der Waals surface area contributed by atoms with Gasteiger partial charge in [0, 0.05) is 17.1 Å². The number of hydrogen-bond donors (Lipinski definition) is 1. The number of likely N-dealkylation sites (tertiary alicyclic amines) is 1. The summed E-state index contributed by atoms with van der Waals surface area (Å²) >= 11 is 6.01. The molecule has 0 bridgehead atoms. The zero-order valence-electron chi connectivity index (χ0n) is 12.4. The average Bonchev–Trinajstić information content (AvgIpc) is 2.82. The first-order valence-electron chi connectivity index (χ1n) is 7.23. The van der Waals surface area contributed by atoms with E-state index < -0.39 is 11.5 Å². The number of carbonyl (C=O) groups is 2. The second kappa shape index (κ2) is 6.06. The predicted molar refractivity (Wildman–Crippen MR) is 81.7 cm³/mol. The van der Waals surface area contributed by atoms with Crippen molar-refractivity contribution in [3.05, 3.63) is 34.3 Å². The number of rotatable bonds is 4. The molecule has 21 heavy (non-hydrogen) atoms. The number of benzene rings is 1. The second-order valence-electron chi connectivity index (χ2n) is 5.66. The van der Waals surface area contributed by atoms with Gasteiger partial charge in [0.05, 0.1) is 0 Å². The fourth-order valence-electron chi connectivity index (χ4n) is 3.19. The maximum absolute atomic E-state index is 12.8. The van der Waals surface area contributed by atoms with Gasteiger partial charge < -0.3 is 10.0 Å². The van der Waals surface area contributed by atoms with Gasteiger partial charge >= 0.3 is 5.97 Å². The molecule has 0 aliphatic carbocycles. The third-order valence-corrected chi connectivity index (χ3v) is 4.30. The Morgan fingerprint density at radius 1 is 1.38 bits per heavy atom. The van der Waals surface area contributed by atoms with Crippen molar-refractivity contribution in [1.82, 2.24) is 4.90 Å². The van der Waals surface area contributed by atoms with Crippen LogP contribution in [0.3, 0.4) is 0 Å². The van der Waals surface area contributed by atoms with E-state index >= 15 is 0 Å². The van der Waals surface area contributed by atoms with Gasteiger partial charge in [-0.15, -0.1) is 0 Å². The first-order chi connectivity index (χ1) is 9.90. The molecular weight excluding hydrogens is 290 g/mol. The number of hydrogen-bond acceptors (Lipinski definition) is 2. The molecule has 114 valence electrons. The molecule has 1 aliphatic heterocycles. The van der Waals surface area contributed by atoms with Crippen molar-refractivity contribution in [2.24, 2.45) is 0 Å². The number of amides is 1. The zero-order valence-corrected chi connectivity index (χ0v) is 13.1. The van der Waals surface area contributed by atoms with Crippen LogP contribution < -0.4 is 0 Å². The first kappa shape index (κ1) is 15.8. The van der Waals surface area contributed by atoms with E-state index in [0.717, 1.165) is 18.4 Å². The summed E-state index contributed by atoms with van der Waals surface area (Å²) in [5, 5.41) is 10.1. The third-order valence-electron chi connectivity index (χ3n) is 4.08. The van der Waals surface area contributed by atoms with Gasteiger partial charge in [0.25, 0.3) is 5.91 Å². The Morgan fingerprint density at radius 2 is 2.10 bits per heavy atom. The summed E-state index contributed by atoms with van der Waals surface area (Å²) in [5.74, 6) is -1.15. The minimum Gasteiger partial charge on any atom is -0.479 e. The lowest BCUT2D eigenvalue weighted by molar-refractivity contribution is -0.148. The molecular formula is C16H20ClNO3. The van der Waals surface area contributed by atoms with E-state index in [1.54, 1.807) is 18.2 Å². The van der Waals surface area contributed by atoms with Gasteiger partial charge in [0.1, 0.15) is 5.54 Å². The third kappa shape index (κ3) is 2.91. The standard InChI is InChI=1S/C16H20ClNO3/c1-3-5-16(15(20)21)6-4-7-18(16)14(19)12-8-11(2)9-13(17)10-12/h8-10H,3-7H2,1-2H3,(H,20,21). The van der Waals surface area contributed by atoms with E-state index in [-0.39, 0.29) is 5.91 Å². The number of aliphatic carboxylic acids is 1. The first-order valence-corrected chi connectivity index (χ1v) is 7.61. The van der Waals surface area contributed by atoms with Crippen LogP contribution in [0.25, 0.3) is 0 Å². The summed E-state index contributed by atoms with van der Waals surface area (Å²) in [7, 11) is 0. The zero-order chi connectivity index (χ0) is 15.6. The highest BCUT2D eigenvalue weighted by Crippen LogP contribution is 2.35. The average molecular weight is 310 g/mol. The summed E-state index contributed by atoms with van der Waals surface area (Å²) in [6.07, 6.45) is 2.44. The Hall–Kier alpha value is -1.55. The molecule has 1 aromatic carbocycles. The van der Waals surface area contributed by atoms with Crippen LogP contribution in [0.5, 0.6) is 0 Å². The van der Waals surface area contributed by atoms with Crippen LogP contribution in [0, 0.1) is 6.92 Å². The minimum atomic E-state index is -1.07. The van der Waals surface area contributed by atoms with Crippen LogP contribution >= 0.6 is 11.6 Å². The van der Waals surface area contributed by atoms with Crippen LogP contribution in [0.4, 0.5) is 0 Å². The highest BCUT2D eigenvalue weighted by molar-refractivity contribution is 6.31. The molecule has 0 aromatic heterocycles. The lowest BCUT2D eigenvalue weighted by Crippen LogP contribution is -2.53.